The summed E-state index contributed by atoms with van der Waals surface area (Å²) in [6, 6.07) is 1.28. The van der Waals surface area contributed by atoms with Gasteiger partial charge in [-0.25, -0.2) is 9.59 Å². The van der Waals surface area contributed by atoms with Gasteiger partial charge in [0.05, 0.1) is 0 Å². The molecule has 0 radical (unpaired) electrons. The standard InChI is InChI=1S/C16H22N2O4S/c1-3-17-16(21)18-14(19)10(2)22-15(20)13-9-11-7-5-4-6-8-12(11)23-13/h9-10H,3-8H2,1-2H3,(H2,17,18,19,21)/t10-/m0/s1. The van der Waals surface area contributed by atoms with Crippen molar-refractivity contribution >= 4 is 29.2 Å². The van der Waals surface area contributed by atoms with E-state index >= 15 is 0 Å². The van der Waals surface area contributed by atoms with Gasteiger partial charge in [0.15, 0.2) is 6.10 Å². The lowest BCUT2D eigenvalue weighted by atomic mass is 10.1. The minimum atomic E-state index is -1.02. The van der Waals surface area contributed by atoms with E-state index < -0.39 is 24.0 Å². The number of ether oxygens (including phenoxy) is 1. The maximum atomic E-state index is 12.2. The third kappa shape index (κ3) is 4.79. The lowest BCUT2D eigenvalue weighted by Gasteiger charge is -2.12. The van der Waals surface area contributed by atoms with Crippen molar-refractivity contribution in [3.05, 3.63) is 21.4 Å². The highest BCUT2D eigenvalue weighted by molar-refractivity contribution is 7.14. The molecule has 0 unspecified atom stereocenters. The van der Waals surface area contributed by atoms with Crippen molar-refractivity contribution in [3.63, 3.8) is 0 Å². The van der Waals surface area contributed by atoms with Gasteiger partial charge in [0.25, 0.3) is 5.91 Å². The number of urea groups is 1. The Labute approximate surface area is 139 Å². The minimum absolute atomic E-state index is 0.411. The molecule has 1 aliphatic carbocycles. The summed E-state index contributed by atoms with van der Waals surface area (Å²) in [7, 11) is 0. The van der Waals surface area contributed by atoms with Crippen LogP contribution in [0.1, 0.15) is 53.2 Å². The maximum Gasteiger partial charge on any atom is 0.349 e. The third-order valence-electron chi connectivity index (χ3n) is 3.67. The molecule has 3 amide bonds. The van der Waals surface area contributed by atoms with E-state index in [1.807, 2.05) is 6.07 Å². The fraction of sp³-hybridized carbons (Fsp3) is 0.562. The van der Waals surface area contributed by atoms with Crippen molar-refractivity contribution in [2.75, 3.05) is 6.54 Å². The molecule has 1 atom stereocenters. The highest BCUT2D eigenvalue weighted by atomic mass is 32.1. The zero-order valence-electron chi connectivity index (χ0n) is 13.4. The van der Waals surface area contributed by atoms with E-state index in [2.05, 4.69) is 10.6 Å². The largest absolute Gasteiger partial charge is 0.448 e. The molecule has 0 aromatic carbocycles. The first kappa shape index (κ1) is 17.5. The van der Waals surface area contributed by atoms with Gasteiger partial charge in [0.2, 0.25) is 0 Å². The first-order chi connectivity index (χ1) is 11.0. The summed E-state index contributed by atoms with van der Waals surface area (Å²) in [6.45, 7) is 3.60. The van der Waals surface area contributed by atoms with Gasteiger partial charge < -0.3 is 10.1 Å². The summed E-state index contributed by atoms with van der Waals surface area (Å²) in [5, 5.41) is 4.58. The number of fused-ring (bicyclic) bond motifs is 1. The number of imide groups is 1. The van der Waals surface area contributed by atoms with Crippen LogP contribution in [0.3, 0.4) is 0 Å². The summed E-state index contributed by atoms with van der Waals surface area (Å²) in [4.78, 5) is 37.0. The molecule has 7 heteroatoms. The van der Waals surface area contributed by atoms with E-state index in [1.54, 1.807) is 6.92 Å². The Kier molecular flexibility index (Phi) is 6.15. The Morgan fingerprint density at radius 3 is 2.74 bits per heavy atom. The lowest BCUT2D eigenvalue weighted by molar-refractivity contribution is -0.127. The van der Waals surface area contributed by atoms with Crippen LogP contribution in [0.15, 0.2) is 6.07 Å². The van der Waals surface area contributed by atoms with Crippen LogP contribution in [0.5, 0.6) is 0 Å². The van der Waals surface area contributed by atoms with Gasteiger partial charge in [-0.3, -0.25) is 10.1 Å². The molecule has 2 rings (SSSR count). The van der Waals surface area contributed by atoms with E-state index in [9.17, 15) is 14.4 Å². The molecular formula is C16H22N2O4S. The first-order valence-corrected chi connectivity index (χ1v) is 8.74. The minimum Gasteiger partial charge on any atom is -0.448 e. The predicted octanol–water partition coefficient (Wildman–Crippen LogP) is 2.41. The molecule has 0 aliphatic heterocycles. The summed E-state index contributed by atoms with van der Waals surface area (Å²) in [6.07, 6.45) is 4.48. The van der Waals surface area contributed by atoms with Crippen LogP contribution in [-0.2, 0) is 22.4 Å². The first-order valence-electron chi connectivity index (χ1n) is 7.92. The number of thiophene rings is 1. The molecule has 0 spiro atoms. The van der Waals surface area contributed by atoms with Gasteiger partial charge in [-0.1, -0.05) is 6.42 Å². The molecule has 23 heavy (non-hydrogen) atoms. The SMILES string of the molecule is CCNC(=O)NC(=O)[C@H](C)OC(=O)c1cc2c(s1)CCCCC2. The van der Waals surface area contributed by atoms with Crippen LogP contribution in [0.2, 0.25) is 0 Å². The highest BCUT2D eigenvalue weighted by Crippen LogP contribution is 2.29. The lowest BCUT2D eigenvalue weighted by Crippen LogP contribution is -2.44. The van der Waals surface area contributed by atoms with Gasteiger partial charge in [0, 0.05) is 11.4 Å². The Balaban J connectivity index is 1.93. The summed E-state index contributed by atoms with van der Waals surface area (Å²) in [5.74, 6) is -1.15. The van der Waals surface area contributed by atoms with Crippen LogP contribution in [-0.4, -0.2) is 30.6 Å². The van der Waals surface area contributed by atoms with E-state index in [1.165, 1.54) is 35.1 Å². The maximum absolute atomic E-state index is 12.2. The number of carbonyl (C=O) groups is 3. The molecule has 0 saturated carbocycles. The molecule has 1 aliphatic rings. The van der Waals surface area contributed by atoms with Gasteiger partial charge in [-0.2, -0.15) is 0 Å². The molecule has 0 saturated heterocycles. The summed E-state index contributed by atoms with van der Waals surface area (Å²) < 4.78 is 5.17. The van der Waals surface area contributed by atoms with Crippen LogP contribution < -0.4 is 10.6 Å². The molecule has 6 nitrogen and oxygen atoms in total. The summed E-state index contributed by atoms with van der Waals surface area (Å²) in [5.41, 5.74) is 1.22. The van der Waals surface area contributed by atoms with Crippen LogP contribution >= 0.6 is 11.3 Å². The van der Waals surface area contributed by atoms with Gasteiger partial charge in [-0.05, 0) is 51.2 Å². The van der Waals surface area contributed by atoms with Crippen molar-refractivity contribution in [1.29, 1.82) is 0 Å². The Morgan fingerprint density at radius 1 is 1.26 bits per heavy atom. The monoisotopic (exact) mass is 338 g/mol. The Bertz CT molecular complexity index is 573. The quantitative estimate of drug-likeness (QED) is 0.652. The fourth-order valence-electron chi connectivity index (χ4n) is 2.46. The third-order valence-corrected chi connectivity index (χ3v) is 4.89. The average molecular weight is 338 g/mol. The number of nitrogens with one attached hydrogen (secondary N) is 2. The Hall–Kier alpha value is -1.89. The van der Waals surface area contributed by atoms with Gasteiger partial charge >= 0.3 is 12.0 Å². The topological polar surface area (TPSA) is 84.5 Å². The van der Waals surface area contributed by atoms with Crippen LogP contribution in [0, 0.1) is 0 Å². The highest BCUT2D eigenvalue weighted by Gasteiger charge is 2.23. The normalized spacial score (nSPS) is 15.0. The Morgan fingerprint density at radius 2 is 2.00 bits per heavy atom. The number of aryl methyl sites for hydroxylation is 2. The number of esters is 1. The van der Waals surface area contributed by atoms with E-state index in [4.69, 9.17) is 4.74 Å². The number of hydrogen-bond donors (Lipinski definition) is 2. The number of hydrogen-bond acceptors (Lipinski definition) is 5. The van der Waals surface area contributed by atoms with Gasteiger partial charge in [0.1, 0.15) is 4.88 Å². The number of rotatable bonds is 4. The number of amides is 3. The van der Waals surface area contributed by atoms with Crippen molar-refractivity contribution in [2.45, 2.75) is 52.1 Å². The van der Waals surface area contributed by atoms with Crippen molar-refractivity contribution < 1.29 is 19.1 Å². The molecule has 2 N–H and O–H groups in total. The van der Waals surface area contributed by atoms with Crippen molar-refractivity contribution in [1.82, 2.24) is 10.6 Å². The van der Waals surface area contributed by atoms with Gasteiger partial charge in [-0.15, -0.1) is 11.3 Å². The van der Waals surface area contributed by atoms with Crippen molar-refractivity contribution in [2.24, 2.45) is 0 Å². The second-order valence-corrected chi connectivity index (χ2v) is 6.65. The molecule has 0 fully saturated rings. The van der Waals surface area contributed by atoms with E-state index in [-0.39, 0.29) is 0 Å². The second kappa shape index (κ2) is 8.10. The smallest absolute Gasteiger partial charge is 0.349 e. The molecule has 126 valence electrons. The zero-order valence-corrected chi connectivity index (χ0v) is 14.3. The van der Waals surface area contributed by atoms with Crippen molar-refractivity contribution in [3.8, 4) is 0 Å². The van der Waals surface area contributed by atoms with E-state index in [0.29, 0.717) is 11.4 Å². The summed E-state index contributed by atoms with van der Waals surface area (Å²) >= 11 is 1.45. The molecular weight excluding hydrogens is 316 g/mol. The molecule has 1 aromatic heterocycles. The molecule has 1 heterocycles. The zero-order chi connectivity index (χ0) is 16.8. The van der Waals surface area contributed by atoms with Crippen LogP contribution in [0.25, 0.3) is 0 Å². The predicted molar refractivity (Wildman–Crippen MR) is 87.7 cm³/mol. The van der Waals surface area contributed by atoms with E-state index in [0.717, 1.165) is 25.7 Å². The second-order valence-electron chi connectivity index (χ2n) is 5.52. The average Bonchev–Trinajstić information content (AvgIpc) is 2.78. The molecule has 1 aromatic rings. The van der Waals surface area contributed by atoms with Crippen LogP contribution in [0.4, 0.5) is 4.79 Å². The number of carbonyl (C=O) groups excluding carboxylic acids is 3. The molecule has 0 bridgehead atoms. The fourth-order valence-corrected chi connectivity index (χ4v) is 3.60.